The van der Waals surface area contributed by atoms with Crippen molar-refractivity contribution in [3.05, 3.63) is 47.5 Å². The molecule has 150 valence electrons. The molecule has 0 heterocycles. The lowest BCUT2D eigenvalue weighted by atomic mass is 10.3. The van der Waals surface area contributed by atoms with Gasteiger partial charge in [0.25, 0.3) is 0 Å². The van der Waals surface area contributed by atoms with Gasteiger partial charge in [0.1, 0.15) is 11.5 Å². The predicted molar refractivity (Wildman–Crippen MR) is 115 cm³/mol. The van der Waals surface area contributed by atoms with Crippen molar-refractivity contribution in [1.29, 1.82) is 0 Å². The molecule has 6 nitrogen and oxygen atoms in total. The van der Waals surface area contributed by atoms with Crippen LogP contribution in [-0.4, -0.2) is 36.5 Å². The number of carbonyl (C=O) groups excluding carboxylic acids is 2. The van der Waals surface area contributed by atoms with Crippen molar-refractivity contribution < 1.29 is 19.1 Å². The molecule has 0 saturated heterocycles. The van der Waals surface area contributed by atoms with Gasteiger partial charge in [0.2, 0.25) is 11.8 Å². The summed E-state index contributed by atoms with van der Waals surface area (Å²) in [5.41, 5.74) is 1.17. The Balaban J connectivity index is 1.83. The smallest absolute Gasteiger partial charge is 0.237 e. The summed E-state index contributed by atoms with van der Waals surface area (Å²) < 4.78 is 10.6. The Bertz CT molecular complexity index is 814. The number of halogens is 1. The van der Waals surface area contributed by atoms with E-state index in [0.717, 1.165) is 5.75 Å². The third-order valence-electron chi connectivity index (χ3n) is 3.70. The first kappa shape index (κ1) is 21.9. The van der Waals surface area contributed by atoms with Crippen molar-refractivity contribution in [1.82, 2.24) is 0 Å². The minimum Gasteiger partial charge on any atom is -0.495 e. The van der Waals surface area contributed by atoms with Crippen LogP contribution in [0.1, 0.15) is 13.8 Å². The van der Waals surface area contributed by atoms with E-state index in [1.807, 2.05) is 6.92 Å². The fourth-order valence-electron chi connectivity index (χ4n) is 2.29. The van der Waals surface area contributed by atoms with Crippen molar-refractivity contribution in [3.63, 3.8) is 0 Å². The highest BCUT2D eigenvalue weighted by atomic mass is 35.5. The zero-order valence-electron chi connectivity index (χ0n) is 16.0. The Morgan fingerprint density at radius 1 is 1.14 bits per heavy atom. The van der Waals surface area contributed by atoms with Gasteiger partial charge >= 0.3 is 0 Å². The first-order valence-electron chi connectivity index (χ1n) is 8.71. The van der Waals surface area contributed by atoms with Gasteiger partial charge in [0, 0.05) is 10.7 Å². The summed E-state index contributed by atoms with van der Waals surface area (Å²) in [6, 6.07) is 12.1. The monoisotopic (exact) mass is 422 g/mol. The Hall–Kier alpha value is -2.38. The number of hydrogen-bond donors (Lipinski definition) is 2. The molecule has 0 aromatic heterocycles. The molecule has 8 heteroatoms. The summed E-state index contributed by atoms with van der Waals surface area (Å²) in [5.74, 6) is 0.988. The fraction of sp³-hybridized carbons (Fsp3) is 0.300. The SMILES string of the molecule is CCOc1ccc(NC(=O)CS[C@@H](C)C(=O)Nc2cc(Cl)ccc2OC)cc1. The lowest BCUT2D eigenvalue weighted by Crippen LogP contribution is -2.25. The number of methoxy groups -OCH3 is 1. The van der Waals surface area contributed by atoms with Crippen LogP contribution in [-0.2, 0) is 9.59 Å². The van der Waals surface area contributed by atoms with E-state index in [1.165, 1.54) is 18.9 Å². The van der Waals surface area contributed by atoms with Gasteiger partial charge in [-0.2, -0.15) is 0 Å². The van der Waals surface area contributed by atoms with E-state index in [4.69, 9.17) is 21.1 Å². The number of anilines is 2. The quantitative estimate of drug-likeness (QED) is 0.624. The number of carbonyl (C=O) groups is 2. The van der Waals surface area contributed by atoms with Crippen LogP contribution < -0.4 is 20.1 Å². The molecule has 2 aromatic rings. The summed E-state index contributed by atoms with van der Waals surface area (Å²) in [4.78, 5) is 24.5. The van der Waals surface area contributed by atoms with E-state index in [9.17, 15) is 9.59 Å². The molecule has 0 aliphatic rings. The van der Waals surface area contributed by atoms with Crippen molar-refractivity contribution in [2.24, 2.45) is 0 Å². The van der Waals surface area contributed by atoms with Crippen molar-refractivity contribution in [2.75, 3.05) is 30.1 Å². The second-order valence-corrected chi connectivity index (χ2v) is 7.56. The fourth-order valence-corrected chi connectivity index (χ4v) is 3.14. The number of rotatable bonds is 9. The third kappa shape index (κ3) is 6.65. The van der Waals surface area contributed by atoms with Gasteiger partial charge in [-0.25, -0.2) is 0 Å². The normalized spacial score (nSPS) is 11.4. The summed E-state index contributed by atoms with van der Waals surface area (Å²) in [6.45, 7) is 4.23. The average molecular weight is 423 g/mol. The maximum atomic E-state index is 12.4. The van der Waals surface area contributed by atoms with Crippen LogP contribution in [0.5, 0.6) is 11.5 Å². The molecule has 0 fully saturated rings. The standard InChI is InChI=1S/C20H23ClN2O4S/c1-4-27-16-8-6-15(7-9-16)22-19(24)12-28-13(2)20(25)23-17-11-14(21)5-10-18(17)26-3/h5-11,13H,4,12H2,1-3H3,(H,22,24)(H,23,25)/t13-/m0/s1. The maximum Gasteiger partial charge on any atom is 0.237 e. The van der Waals surface area contributed by atoms with E-state index in [-0.39, 0.29) is 17.6 Å². The molecule has 1 atom stereocenters. The number of benzene rings is 2. The topological polar surface area (TPSA) is 76.7 Å². The molecule has 28 heavy (non-hydrogen) atoms. The Kier molecular flexibility index (Phi) is 8.47. The maximum absolute atomic E-state index is 12.4. The molecule has 2 aromatic carbocycles. The average Bonchev–Trinajstić information content (AvgIpc) is 2.68. The van der Waals surface area contributed by atoms with Crippen LogP contribution in [0.4, 0.5) is 11.4 Å². The molecule has 0 radical (unpaired) electrons. The number of hydrogen-bond acceptors (Lipinski definition) is 5. The summed E-state index contributed by atoms with van der Waals surface area (Å²) in [6.07, 6.45) is 0. The molecule has 0 unspecified atom stereocenters. The van der Waals surface area contributed by atoms with E-state index in [1.54, 1.807) is 49.4 Å². The van der Waals surface area contributed by atoms with E-state index >= 15 is 0 Å². The highest BCUT2D eigenvalue weighted by Gasteiger charge is 2.17. The lowest BCUT2D eigenvalue weighted by Gasteiger charge is -2.14. The predicted octanol–water partition coefficient (Wildman–Crippen LogP) is 4.45. The van der Waals surface area contributed by atoms with Gasteiger partial charge in [-0.05, 0) is 56.3 Å². The van der Waals surface area contributed by atoms with Gasteiger partial charge in [-0.3, -0.25) is 9.59 Å². The first-order chi connectivity index (χ1) is 13.4. The molecule has 0 spiro atoms. The van der Waals surface area contributed by atoms with Crippen LogP contribution in [0.25, 0.3) is 0 Å². The molecule has 2 N–H and O–H groups in total. The number of nitrogens with one attached hydrogen (secondary N) is 2. The minimum atomic E-state index is -0.435. The summed E-state index contributed by atoms with van der Waals surface area (Å²) in [7, 11) is 1.52. The van der Waals surface area contributed by atoms with Crippen LogP contribution in [0, 0.1) is 0 Å². The highest BCUT2D eigenvalue weighted by Crippen LogP contribution is 2.28. The van der Waals surface area contributed by atoms with Gasteiger partial charge in [0.15, 0.2) is 0 Å². The highest BCUT2D eigenvalue weighted by molar-refractivity contribution is 8.01. The van der Waals surface area contributed by atoms with Crippen LogP contribution >= 0.6 is 23.4 Å². The molecule has 0 aliphatic carbocycles. The van der Waals surface area contributed by atoms with E-state index in [2.05, 4.69) is 10.6 Å². The molecule has 0 aliphatic heterocycles. The van der Waals surface area contributed by atoms with Gasteiger partial charge in [0.05, 0.1) is 30.4 Å². The van der Waals surface area contributed by atoms with Crippen LogP contribution in [0.3, 0.4) is 0 Å². The molecular weight excluding hydrogens is 400 g/mol. The van der Waals surface area contributed by atoms with E-state index < -0.39 is 5.25 Å². The zero-order valence-corrected chi connectivity index (χ0v) is 17.5. The van der Waals surface area contributed by atoms with Gasteiger partial charge in [-0.1, -0.05) is 11.6 Å². The molecule has 2 amide bonds. The third-order valence-corrected chi connectivity index (χ3v) is 5.08. The zero-order chi connectivity index (χ0) is 20.5. The van der Waals surface area contributed by atoms with Crippen molar-refractivity contribution in [3.8, 4) is 11.5 Å². The van der Waals surface area contributed by atoms with Crippen molar-refractivity contribution >= 4 is 46.6 Å². The van der Waals surface area contributed by atoms with E-state index in [0.29, 0.717) is 28.8 Å². The number of ether oxygens (including phenoxy) is 2. The first-order valence-corrected chi connectivity index (χ1v) is 10.1. The van der Waals surface area contributed by atoms with Crippen molar-refractivity contribution in [2.45, 2.75) is 19.1 Å². The molecule has 2 rings (SSSR count). The molecule has 0 saturated carbocycles. The van der Waals surface area contributed by atoms with Crippen LogP contribution in [0.2, 0.25) is 5.02 Å². The Morgan fingerprint density at radius 2 is 1.86 bits per heavy atom. The Morgan fingerprint density at radius 3 is 2.50 bits per heavy atom. The summed E-state index contributed by atoms with van der Waals surface area (Å²) in [5, 5.41) is 5.63. The molecule has 0 bridgehead atoms. The minimum absolute atomic E-state index is 0.147. The Labute approximate surface area is 173 Å². The molecular formula is C20H23ClN2O4S. The number of thioether (sulfide) groups is 1. The number of amides is 2. The van der Waals surface area contributed by atoms with Gasteiger partial charge in [-0.15, -0.1) is 11.8 Å². The second kappa shape index (κ2) is 10.8. The summed E-state index contributed by atoms with van der Waals surface area (Å²) >= 11 is 7.21. The van der Waals surface area contributed by atoms with Gasteiger partial charge < -0.3 is 20.1 Å². The van der Waals surface area contributed by atoms with Crippen LogP contribution in [0.15, 0.2) is 42.5 Å². The lowest BCUT2D eigenvalue weighted by molar-refractivity contribution is -0.115. The largest absolute Gasteiger partial charge is 0.495 e. The second-order valence-electron chi connectivity index (χ2n) is 5.79.